The molecule has 0 aliphatic carbocycles. The molecule has 0 fully saturated rings. The zero-order valence-electron chi connectivity index (χ0n) is 10.5. The van der Waals surface area contributed by atoms with Gasteiger partial charge in [-0.25, -0.2) is 0 Å². The molecule has 0 bridgehead atoms. The van der Waals surface area contributed by atoms with Crippen molar-refractivity contribution in [2.45, 2.75) is 25.9 Å². The zero-order valence-corrected chi connectivity index (χ0v) is 10.5. The molecule has 2 N–H and O–H groups in total. The molecular weight excluding hydrogens is 236 g/mol. The standard InChI is InChI=1S/C12H18N2O4/c1-9(14(2)6-5-11(15)16)12(17)13-8-10-4-3-7-18-10/h3-4,7,9H,5-6,8H2,1-2H3,(H,13,17)(H,15,16). The molecular formula is C12H18N2O4. The van der Waals surface area contributed by atoms with Crippen LogP contribution in [0.25, 0.3) is 0 Å². The van der Waals surface area contributed by atoms with E-state index in [-0.39, 0.29) is 18.4 Å². The minimum absolute atomic E-state index is 0.0201. The van der Waals surface area contributed by atoms with Gasteiger partial charge in [0.25, 0.3) is 0 Å². The van der Waals surface area contributed by atoms with E-state index in [0.29, 0.717) is 18.8 Å². The van der Waals surface area contributed by atoms with Gasteiger partial charge in [-0.3, -0.25) is 14.5 Å². The summed E-state index contributed by atoms with van der Waals surface area (Å²) in [6, 6.07) is 3.16. The third-order valence-corrected chi connectivity index (χ3v) is 2.74. The number of likely N-dealkylation sites (N-methyl/N-ethyl adjacent to an activating group) is 1. The first-order valence-corrected chi connectivity index (χ1v) is 5.73. The van der Waals surface area contributed by atoms with Crippen molar-refractivity contribution in [3.8, 4) is 0 Å². The Kier molecular flexibility index (Phi) is 5.38. The van der Waals surface area contributed by atoms with Gasteiger partial charge >= 0.3 is 5.97 Å². The Morgan fingerprint density at radius 2 is 2.28 bits per heavy atom. The second kappa shape index (κ2) is 6.80. The third kappa shape index (κ3) is 4.58. The monoisotopic (exact) mass is 254 g/mol. The summed E-state index contributed by atoms with van der Waals surface area (Å²) in [5, 5.41) is 11.3. The van der Waals surface area contributed by atoms with Crippen molar-refractivity contribution >= 4 is 11.9 Å². The number of carbonyl (C=O) groups is 2. The van der Waals surface area contributed by atoms with Gasteiger partial charge in [0.05, 0.1) is 25.3 Å². The topological polar surface area (TPSA) is 82.8 Å². The molecule has 0 saturated heterocycles. The van der Waals surface area contributed by atoms with Crippen molar-refractivity contribution in [3.63, 3.8) is 0 Å². The van der Waals surface area contributed by atoms with Crippen LogP contribution < -0.4 is 5.32 Å². The van der Waals surface area contributed by atoms with E-state index in [0.717, 1.165) is 0 Å². The number of carbonyl (C=O) groups excluding carboxylic acids is 1. The summed E-state index contributed by atoms with van der Waals surface area (Å²) in [6.45, 7) is 2.41. The number of amides is 1. The van der Waals surface area contributed by atoms with E-state index in [1.807, 2.05) is 0 Å². The van der Waals surface area contributed by atoms with E-state index < -0.39 is 5.97 Å². The highest BCUT2D eigenvalue weighted by Gasteiger charge is 2.18. The van der Waals surface area contributed by atoms with E-state index in [1.165, 1.54) is 0 Å². The van der Waals surface area contributed by atoms with Crippen LogP contribution in [0, 0.1) is 0 Å². The molecule has 6 heteroatoms. The Labute approximate surface area is 106 Å². The summed E-state index contributed by atoms with van der Waals surface area (Å²) < 4.78 is 5.10. The van der Waals surface area contributed by atoms with E-state index in [1.54, 1.807) is 37.3 Å². The number of carboxylic acids is 1. The Balaban J connectivity index is 2.33. The first kappa shape index (κ1) is 14.2. The van der Waals surface area contributed by atoms with Crippen LogP contribution in [0.5, 0.6) is 0 Å². The van der Waals surface area contributed by atoms with Crippen LogP contribution >= 0.6 is 0 Å². The molecule has 1 rings (SSSR count). The van der Waals surface area contributed by atoms with E-state index >= 15 is 0 Å². The third-order valence-electron chi connectivity index (χ3n) is 2.74. The summed E-state index contributed by atoms with van der Waals surface area (Å²) in [6.07, 6.45) is 1.57. The lowest BCUT2D eigenvalue weighted by molar-refractivity contribution is -0.138. The number of rotatable bonds is 7. The average Bonchev–Trinajstić information content (AvgIpc) is 2.85. The van der Waals surface area contributed by atoms with Crippen LogP contribution in [0.15, 0.2) is 22.8 Å². The second-order valence-corrected chi connectivity index (χ2v) is 4.10. The fourth-order valence-electron chi connectivity index (χ4n) is 1.40. The quantitative estimate of drug-likeness (QED) is 0.748. The largest absolute Gasteiger partial charge is 0.481 e. The molecule has 0 radical (unpaired) electrons. The zero-order chi connectivity index (χ0) is 13.5. The van der Waals surface area contributed by atoms with Crippen LogP contribution in [-0.2, 0) is 16.1 Å². The summed E-state index contributed by atoms with van der Waals surface area (Å²) in [7, 11) is 1.72. The predicted molar refractivity (Wildman–Crippen MR) is 64.9 cm³/mol. The maximum Gasteiger partial charge on any atom is 0.304 e. The lowest BCUT2D eigenvalue weighted by atomic mass is 10.2. The van der Waals surface area contributed by atoms with E-state index in [4.69, 9.17) is 9.52 Å². The molecule has 6 nitrogen and oxygen atoms in total. The molecule has 1 heterocycles. The summed E-state index contributed by atoms with van der Waals surface area (Å²) in [4.78, 5) is 23.9. The highest BCUT2D eigenvalue weighted by molar-refractivity contribution is 5.81. The lowest BCUT2D eigenvalue weighted by Gasteiger charge is -2.22. The molecule has 1 aromatic heterocycles. The summed E-state index contributed by atoms with van der Waals surface area (Å²) in [5.74, 6) is -0.340. The smallest absolute Gasteiger partial charge is 0.304 e. The molecule has 1 atom stereocenters. The minimum Gasteiger partial charge on any atom is -0.481 e. The van der Waals surface area contributed by atoms with Gasteiger partial charge in [0.2, 0.25) is 5.91 Å². The molecule has 1 aromatic rings. The Bertz CT molecular complexity index is 389. The summed E-state index contributed by atoms with van der Waals surface area (Å²) >= 11 is 0. The number of furan rings is 1. The normalized spacial score (nSPS) is 12.4. The van der Waals surface area contributed by atoms with Crippen molar-refractivity contribution in [2.24, 2.45) is 0 Å². The first-order chi connectivity index (χ1) is 8.50. The number of nitrogens with zero attached hydrogens (tertiary/aromatic N) is 1. The van der Waals surface area contributed by atoms with Gasteiger partial charge < -0.3 is 14.8 Å². The van der Waals surface area contributed by atoms with Gasteiger partial charge in [-0.05, 0) is 26.1 Å². The molecule has 0 spiro atoms. The van der Waals surface area contributed by atoms with Crippen LogP contribution in [-0.4, -0.2) is 41.5 Å². The maximum absolute atomic E-state index is 11.8. The van der Waals surface area contributed by atoms with Crippen molar-refractivity contribution < 1.29 is 19.1 Å². The average molecular weight is 254 g/mol. The number of hydrogen-bond acceptors (Lipinski definition) is 4. The van der Waals surface area contributed by atoms with Crippen LogP contribution in [0.1, 0.15) is 19.1 Å². The Morgan fingerprint density at radius 1 is 1.56 bits per heavy atom. The Morgan fingerprint density at radius 3 is 2.83 bits per heavy atom. The molecule has 100 valence electrons. The van der Waals surface area contributed by atoms with Crippen LogP contribution in [0.3, 0.4) is 0 Å². The second-order valence-electron chi connectivity index (χ2n) is 4.10. The number of nitrogens with one attached hydrogen (secondary N) is 1. The highest BCUT2D eigenvalue weighted by Crippen LogP contribution is 2.01. The minimum atomic E-state index is -0.870. The van der Waals surface area contributed by atoms with E-state index in [9.17, 15) is 9.59 Å². The highest BCUT2D eigenvalue weighted by atomic mass is 16.4. The number of carboxylic acid groups (broad SMARTS) is 1. The maximum atomic E-state index is 11.8. The molecule has 0 aliphatic rings. The molecule has 1 unspecified atom stereocenters. The van der Waals surface area contributed by atoms with Gasteiger partial charge in [0.1, 0.15) is 5.76 Å². The van der Waals surface area contributed by atoms with Gasteiger partial charge in [0, 0.05) is 6.54 Å². The predicted octanol–water partition coefficient (Wildman–Crippen LogP) is 0.691. The van der Waals surface area contributed by atoms with Crippen LogP contribution in [0.2, 0.25) is 0 Å². The van der Waals surface area contributed by atoms with Crippen molar-refractivity contribution in [3.05, 3.63) is 24.2 Å². The van der Waals surface area contributed by atoms with E-state index in [2.05, 4.69) is 5.32 Å². The van der Waals surface area contributed by atoms with Crippen molar-refractivity contribution in [2.75, 3.05) is 13.6 Å². The van der Waals surface area contributed by atoms with Crippen molar-refractivity contribution in [1.29, 1.82) is 0 Å². The number of aliphatic carboxylic acids is 1. The first-order valence-electron chi connectivity index (χ1n) is 5.73. The fourth-order valence-corrected chi connectivity index (χ4v) is 1.40. The molecule has 0 aromatic carbocycles. The Hall–Kier alpha value is -1.82. The number of hydrogen-bond donors (Lipinski definition) is 2. The molecule has 0 aliphatic heterocycles. The van der Waals surface area contributed by atoms with Gasteiger partial charge in [-0.1, -0.05) is 0 Å². The molecule has 1 amide bonds. The van der Waals surface area contributed by atoms with Gasteiger partial charge in [0.15, 0.2) is 0 Å². The van der Waals surface area contributed by atoms with Gasteiger partial charge in [-0.15, -0.1) is 0 Å². The molecule has 0 saturated carbocycles. The molecule has 18 heavy (non-hydrogen) atoms. The SMILES string of the molecule is CC(C(=O)NCc1ccco1)N(C)CCC(=O)O. The fraction of sp³-hybridized carbons (Fsp3) is 0.500. The lowest BCUT2D eigenvalue weighted by Crippen LogP contribution is -2.43. The summed E-state index contributed by atoms with van der Waals surface area (Å²) in [5.41, 5.74) is 0. The van der Waals surface area contributed by atoms with Gasteiger partial charge in [-0.2, -0.15) is 0 Å². The van der Waals surface area contributed by atoms with Crippen LogP contribution in [0.4, 0.5) is 0 Å². The van der Waals surface area contributed by atoms with Crippen molar-refractivity contribution in [1.82, 2.24) is 10.2 Å².